The van der Waals surface area contributed by atoms with Gasteiger partial charge in [-0.2, -0.15) is 0 Å². The second kappa shape index (κ2) is 6.15. The first-order valence-electron chi connectivity index (χ1n) is 5.49. The average Bonchev–Trinajstić information content (AvgIpc) is 2.31. The topological polar surface area (TPSA) is 47.0 Å². The number of anilines is 1. The number of ether oxygens (including phenoxy) is 1. The van der Waals surface area contributed by atoms with E-state index in [9.17, 15) is 0 Å². The van der Waals surface area contributed by atoms with Crippen molar-refractivity contribution in [2.24, 2.45) is 0 Å². The lowest BCUT2D eigenvalue weighted by Gasteiger charge is -2.16. The largest absolute Gasteiger partial charge is 0.383 e. The van der Waals surface area contributed by atoms with Gasteiger partial charge in [-0.25, -0.2) is 9.97 Å². The molecule has 1 aromatic heterocycles. The van der Waals surface area contributed by atoms with E-state index in [1.54, 1.807) is 13.2 Å². The van der Waals surface area contributed by atoms with Gasteiger partial charge in [-0.3, -0.25) is 0 Å². The maximum atomic E-state index is 5.07. The van der Waals surface area contributed by atoms with Gasteiger partial charge in [0.05, 0.1) is 12.3 Å². The van der Waals surface area contributed by atoms with E-state index in [2.05, 4.69) is 28.4 Å². The zero-order chi connectivity index (χ0) is 12.8. The van der Waals surface area contributed by atoms with Gasteiger partial charge in [0.2, 0.25) is 0 Å². The van der Waals surface area contributed by atoms with Crippen LogP contribution in [-0.2, 0) is 4.74 Å². The standard InChI is InChI=1S/C13H19N3O/c1-6-9(2)12-11(4)13(15-8-14-12)16-10(3)7-17-5/h6,8,10H,1-2,7H2,3-5H3,(H,14,15,16)/t10-/m1/s1. The van der Waals surface area contributed by atoms with E-state index in [0.717, 1.165) is 22.6 Å². The van der Waals surface area contributed by atoms with E-state index in [1.165, 1.54) is 6.33 Å². The molecule has 4 nitrogen and oxygen atoms in total. The molecule has 1 aromatic rings. The molecule has 0 spiro atoms. The predicted octanol–water partition coefficient (Wildman–Crippen LogP) is 2.43. The second-order valence-corrected chi connectivity index (χ2v) is 3.93. The van der Waals surface area contributed by atoms with Gasteiger partial charge in [-0.15, -0.1) is 0 Å². The van der Waals surface area contributed by atoms with Gasteiger partial charge in [0, 0.05) is 18.7 Å². The molecule has 0 unspecified atom stereocenters. The van der Waals surface area contributed by atoms with Crippen LogP contribution in [0.2, 0.25) is 0 Å². The van der Waals surface area contributed by atoms with E-state index in [4.69, 9.17) is 4.74 Å². The van der Waals surface area contributed by atoms with Crippen LogP contribution in [0.4, 0.5) is 5.82 Å². The third-order valence-corrected chi connectivity index (χ3v) is 2.43. The maximum Gasteiger partial charge on any atom is 0.133 e. The molecule has 92 valence electrons. The Morgan fingerprint density at radius 2 is 2.29 bits per heavy atom. The zero-order valence-corrected chi connectivity index (χ0v) is 10.7. The summed E-state index contributed by atoms with van der Waals surface area (Å²) in [5.41, 5.74) is 2.59. The molecule has 4 heteroatoms. The minimum absolute atomic E-state index is 0.193. The molecule has 0 amide bonds. The SMILES string of the molecule is C=CC(=C)c1ncnc(N[C@H](C)COC)c1C. The number of hydrogen-bond donors (Lipinski definition) is 1. The Labute approximate surface area is 102 Å². The van der Waals surface area contributed by atoms with Crippen LogP contribution >= 0.6 is 0 Å². The van der Waals surface area contributed by atoms with Crippen LogP contribution in [-0.4, -0.2) is 29.7 Å². The van der Waals surface area contributed by atoms with Crippen molar-refractivity contribution in [3.05, 3.63) is 36.8 Å². The second-order valence-electron chi connectivity index (χ2n) is 3.93. The molecule has 0 aromatic carbocycles. The van der Waals surface area contributed by atoms with Crippen molar-refractivity contribution in [1.29, 1.82) is 0 Å². The van der Waals surface area contributed by atoms with Crippen LogP contribution in [0.1, 0.15) is 18.2 Å². The maximum absolute atomic E-state index is 5.07. The van der Waals surface area contributed by atoms with Gasteiger partial charge < -0.3 is 10.1 Å². The summed E-state index contributed by atoms with van der Waals surface area (Å²) in [5.74, 6) is 0.808. The molecule has 1 heterocycles. The molecule has 17 heavy (non-hydrogen) atoms. The number of aromatic nitrogens is 2. The lowest BCUT2D eigenvalue weighted by Crippen LogP contribution is -2.22. The molecule has 0 aliphatic carbocycles. The van der Waals surface area contributed by atoms with Crippen LogP contribution in [0.3, 0.4) is 0 Å². The number of hydrogen-bond acceptors (Lipinski definition) is 4. The molecular formula is C13H19N3O. The molecule has 1 atom stereocenters. The number of methoxy groups -OCH3 is 1. The van der Waals surface area contributed by atoms with Crippen LogP contribution in [0, 0.1) is 6.92 Å². The molecule has 0 radical (unpaired) electrons. The third-order valence-electron chi connectivity index (χ3n) is 2.43. The monoisotopic (exact) mass is 233 g/mol. The highest BCUT2D eigenvalue weighted by atomic mass is 16.5. The summed E-state index contributed by atoms with van der Waals surface area (Å²) in [5, 5.41) is 3.28. The molecular weight excluding hydrogens is 214 g/mol. The first-order valence-corrected chi connectivity index (χ1v) is 5.49. The van der Waals surface area contributed by atoms with E-state index >= 15 is 0 Å². The highest BCUT2D eigenvalue weighted by molar-refractivity contribution is 5.73. The van der Waals surface area contributed by atoms with Gasteiger partial charge >= 0.3 is 0 Å². The normalized spacial score (nSPS) is 11.9. The highest BCUT2D eigenvalue weighted by Crippen LogP contribution is 2.20. The zero-order valence-electron chi connectivity index (χ0n) is 10.7. The Bertz CT molecular complexity index is 415. The first-order chi connectivity index (χ1) is 8.10. The van der Waals surface area contributed by atoms with Gasteiger partial charge in [-0.05, 0) is 19.4 Å². The van der Waals surface area contributed by atoms with Crippen LogP contribution in [0.25, 0.3) is 5.57 Å². The number of nitrogens with zero attached hydrogens (tertiary/aromatic N) is 2. The lowest BCUT2D eigenvalue weighted by molar-refractivity contribution is 0.190. The summed E-state index contributed by atoms with van der Waals surface area (Å²) in [7, 11) is 1.68. The van der Waals surface area contributed by atoms with E-state index in [0.29, 0.717) is 6.61 Å². The van der Waals surface area contributed by atoms with E-state index < -0.39 is 0 Å². The molecule has 1 rings (SSSR count). The fraction of sp³-hybridized carbons (Fsp3) is 0.385. The van der Waals surface area contributed by atoms with Crippen LogP contribution in [0.5, 0.6) is 0 Å². The molecule has 1 N–H and O–H groups in total. The minimum Gasteiger partial charge on any atom is -0.383 e. The Morgan fingerprint density at radius 1 is 1.59 bits per heavy atom. The molecule has 0 saturated carbocycles. The van der Waals surface area contributed by atoms with Crippen molar-refractivity contribution in [3.63, 3.8) is 0 Å². The van der Waals surface area contributed by atoms with Gasteiger partial charge in [0.1, 0.15) is 12.1 Å². The fourth-order valence-corrected chi connectivity index (χ4v) is 1.54. The molecule has 0 bridgehead atoms. The predicted molar refractivity (Wildman–Crippen MR) is 71.0 cm³/mol. The van der Waals surface area contributed by atoms with Gasteiger partial charge in [0.15, 0.2) is 0 Å². The number of allylic oxidation sites excluding steroid dienone is 2. The van der Waals surface area contributed by atoms with E-state index in [-0.39, 0.29) is 6.04 Å². The van der Waals surface area contributed by atoms with Gasteiger partial charge in [0.25, 0.3) is 0 Å². The number of rotatable bonds is 6. The summed E-state index contributed by atoms with van der Waals surface area (Å²) in [6, 6.07) is 0.193. The molecule has 0 saturated heterocycles. The van der Waals surface area contributed by atoms with E-state index in [1.807, 2.05) is 13.8 Å². The summed E-state index contributed by atoms with van der Waals surface area (Å²) < 4.78 is 5.07. The summed E-state index contributed by atoms with van der Waals surface area (Å²) >= 11 is 0. The fourth-order valence-electron chi connectivity index (χ4n) is 1.54. The summed E-state index contributed by atoms with van der Waals surface area (Å²) in [4.78, 5) is 8.43. The van der Waals surface area contributed by atoms with Crippen molar-refractivity contribution >= 4 is 11.4 Å². The minimum atomic E-state index is 0.193. The summed E-state index contributed by atoms with van der Waals surface area (Å²) in [6.07, 6.45) is 3.22. The van der Waals surface area contributed by atoms with Crippen molar-refractivity contribution in [1.82, 2.24) is 9.97 Å². The number of nitrogens with one attached hydrogen (secondary N) is 1. The van der Waals surface area contributed by atoms with Crippen molar-refractivity contribution < 1.29 is 4.74 Å². The highest BCUT2D eigenvalue weighted by Gasteiger charge is 2.10. The summed E-state index contributed by atoms with van der Waals surface area (Å²) in [6.45, 7) is 12.2. The lowest BCUT2D eigenvalue weighted by atomic mass is 10.1. The van der Waals surface area contributed by atoms with Crippen LogP contribution in [0.15, 0.2) is 25.6 Å². The Hall–Kier alpha value is -1.68. The van der Waals surface area contributed by atoms with Gasteiger partial charge in [-0.1, -0.05) is 19.2 Å². The third kappa shape index (κ3) is 3.39. The Kier molecular flexibility index (Phi) is 4.84. The van der Waals surface area contributed by atoms with Crippen molar-refractivity contribution in [2.75, 3.05) is 19.0 Å². The van der Waals surface area contributed by atoms with Crippen molar-refractivity contribution in [3.8, 4) is 0 Å². The molecule has 0 fully saturated rings. The average molecular weight is 233 g/mol. The molecule has 0 aliphatic heterocycles. The Balaban J connectivity index is 2.94. The smallest absolute Gasteiger partial charge is 0.133 e. The quantitative estimate of drug-likeness (QED) is 0.767. The molecule has 0 aliphatic rings. The first kappa shape index (κ1) is 13.4. The van der Waals surface area contributed by atoms with Crippen molar-refractivity contribution in [2.45, 2.75) is 19.9 Å². The van der Waals surface area contributed by atoms with Crippen LogP contribution < -0.4 is 5.32 Å². The Morgan fingerprint density at radius 3 is 2.88 bits per heavy atom.